The number of fused-ring (bicyclic) bond motifs is 1. The molecule has 2 aromatic rings. The summed E-state index contributed by atoms with van der Waals surface area (Å²) in [7, 11) is 0. The summed E-state index contributed by atoms with van der Waals surface area (Å²) in [5, 5.41) is 13.1. The molecule has 0 bridgehead atoms. The molecular weight excluding hydrogens is 258 g/mol. The molecule has 7 heteroatoms. The van der Waals surface area contributed by atoms with Gasteiger partial charge in [0.2, 0.25) is 0 Å². The maximum Gasteiger partial charge on any atom is 0.257 e. The van der Waals surface area contributed by atoms with Crippen molar-refractivity contribution in [3.8, 4) is 0 Å². The Morgan fingerprint density at radius 3 is 2.80 bits per heavy atom. The predicted octanol–water partition coefficient (Wildman–Crippen LogP) is -0.521. The van der Waals surface area contributed by atoms with Gasteiger partial charge in [-0.15, -0.1) is 0 Å². The molecule has 1 N–H and O–H groups in total. The van der Waals surface area contributed by atoms with Crippen molar-refractivity contribution in [3.63, 3.8) is 0 Å². The van der Waals surface area contributed by atoms with E-state index in [4.69, 9.17) is 5.11 Å². The number of rotatable bonds is 3. The molecule has 1 fully saturated rings. The van der Waals surface area contributed by atoms with Gasteiger partial charge in [-0.25, -0.2) is 4.52 Å². The lowest BCUT2D eigenvalue weighted by molar-refractivity contribution is 0.0617. The zero-order chi connectivity index (χ0) is 13.9. The van der Waals surface area contributed by atoms with Gasteiger partial charge in [0.05, 0.1) is 30.1 Å². The number of hydrogen-bond donors (Lipinski definition) is 1. The second kappa shape index (κ2) is 5.56. The molecule has 0 spiro atoms. The van der Waals surface area contributed by atoms with Gasteiger partial charge in [0.25, 0.3) is 5.91 Å². The lowest BCUT2D eigenvalue weighted by atomic mass is 10.2. The number of nitrogens with zero attached hydrogens (tertiary/aromatic N) is 5. The number of aromatic nitrogens is 3. The van der Waals surface area contributed by atoms with Crippen molar-refractivity contribution in [3.05, 3.63) is 30.4 Å². The number of piperazine rings is 1. The molecule has 7 nitrogen and oxygen atoms in total. The molecule has 0 aliphatic carbocycles. The molecular formula is C13H17N5O2. The van der Waals surface area contributed by atoms with Crippen molar-refractivity contribution in [1.82, 2.24) is 24.4 Å². The Hall–Kier alpha value is -1.99. The van der Waals surface area contributed by atoms with E-state index in [1.54, 1.807) is 29.3 Å². The lowest BCUT2D eigenvalue weighted by Gasteiger charge is -2.34. The average Bonchev–Trinajstić information content (AvgIpc) is 2.92. The molecule has 3 heterocycles. The highest BCUT2D eigenvalue weighted by atomic mass is 16.3. The summed E-state index contributed by atoms with van der Waals surface area (Å²) in [6.45, 7) is 3.77. The molecule has 106 valence electrons. The summed E-state index contributed by atoms with van der Waals surface area (Å²) in [6.07, 6.45) is 6.62. The number of aliphatic hydroxyl groups excluding tert-OH is 1. The van der Waals surface area contributed by atoms with Crippen LogP contribution >= 0.6 is 0 Å². The van der Waals surface area contributed by atoms with Crippen LogP contribution in [0.25, 0.3) is 5.52 Å². The van der Waals surface area contributed by atoms with Crippen LogP contribution in [0.1, 0.15) is 10.4 Å². The van der Waals surface area contributed by atoms with Crippen molar-refractivity contribution in [2.45, 2.75) is 0 Å². The number of β-amino-alcohol motifs (C(OH)–C–C–N with tert-alkyl or cyclic N) is 1. The summed E-state index contributed by atoms with van der Waals surface area (Å²) < 4.78 is 1.66. The number of aliphatic hydroxyl groups is 1. The van der Waals surface area contributed by atoms with E-state index in [0.717, 1.165) is 18.6 Å². The number of hydrogen-bond acceptors (Lipinski definition) is 5. The molecule has 3 rings (SSSR count). The van der Waals surface area contributed by atoms with E-state index in [2.05, 4.69) is 15.0 Å². The Bertz CT molecular complexity index is 604. The SMILES string of the molecule is O=C(c1cnn2ccncc12)N1CCN(CCO)CC1. The second-order valence-corrected chi connectivity index (χ2v) is 4.82. The highest BCUT2D eigenvalue weighted by Gasteiger charge is 2.24. The molecule has 1 aliphatic rings. The molecule has 1 aliphatic heterocycles. The maximum absolute atomic E-state index is 12.5. The van der Waals surface area contributed by atoms with Gasteiger partial charge < -0.3 is 10.0 Å². The van der Waals surface area contributed by atoms with Crippen LogP contribution in [0.2, 0.25) is 0 Å². The predicted molar refractivity (Wildman–Crippen MR) is 72.4 cm³/mol. The van der Waals surface area contributed by atoms with E-state index in [9.17, 15) is 4.79 Å². The van der Waals surface area contributed by atoms with E-state index in [-0.39, 0.29) is 12.5 Å². The molecule has 0 radical (unpaired) electrons. The van der Waals surface area contributed by atoms with Crippen molar-refractivity contribution >= 4 is 11.4 Å². The monoisotopic (exact) mass is 275 g/mol. The highest BCUT2D eigenvalue weighted by molar-refractivity contribution is 6.00. The number of carbonyl (C=O) groups is 1. The third-order valence-electron chi connectivity index (χ3n) is 3.63. The van der Waals surface area contributed by atoms with Crippen molar-refractivity contribution < 1.29 is 9.90 Å². The smallest absolute Gasteiger partial charge is 0.257 e. The minimum atomic E-state index is -0.00310. The summed E-state index contributed by atoms with van der Waals surface area (Å²) in [6, 6.07) is 0. The minimum absolute atomic E-state index is 0.00310. The maximum atomic E-state index is 12.5. The van der Waals surface area contributed by atoms with Crippen molar-refractivity contribution in [1.29, 1.82) is 0 Å². The first-order chi connectivity index (χ1) is 9.79. The van der Waals surface area contributed by atoms with Gasteiger partial charge in [-0.1, -0.05) is 0 Å². The second-order valence-electron chi connectivity index (χ2n) is 4.82. The zero-order valence-electron chi connectivity index (χ0n) is 11.1. The van der Waals surface area contributed by atoms with E-state index < -0.39 is 0 Å². The van der Waals surface area contributed by atoms with Gasteiger partial charge in [0.15, 0.2) is 0 Å². The van der Waals surface area contributed by atoms with Gasteiger partial charge in [0, 0.05) is 45.1 Å². The van der Waals surface area contributed by atoms with Crippen LogP contribution in [0, 0.1) is 0 Å². The zero-order valence-corrected chi connectivity index (χ0v) is 11.1. The first-order valence-corrected chi connectivity index (χ1v) is 6.69. The standard InChI is InChI=1S/C13H17N5O2/c19-8-7-16-3-5-17(6-4-16)13(20)11-9-15-18-2-1-14-10-12(11)18/h1-2,9-10,19H,3-8H2. The molecule has 0 atom stereocenters. The Morgan fingerprint density at radius 2 is 2.05 bits per heavy atom. The van der Waals surface area contributed by atoms with Gasteiger partial charge >= 0.3 is 0 Å². The molecule has 20 heavy (non-hydrogen) atoms. The fourth-order valence-corrected chi connectivity index (χ4v) is 2.49. The van der Waals surface area contributed by atoms with Crippen molar-refractivity contribution in [2.24, 2.45) is 0 Å². The molecule has 0 aromatic carbocycles. The number of amides is 1. The first kappa shape index (κ1) is 13.0. The van der Waals surface area contributed by atoms with Gasteiger partial charge in [-0.3, -0.25) is 14.7 Å². The Morgan fingerprint density at radius 1 is 1.25 bits per heavy atom. The largest absolute Gasteiger partial charge is 0.395 e. The van der Waals surface area contributed by atoms with Gasteiger partial charge in [-0.05, 0) is 0 Å². The Balaban J connectivity index is 1.74. The normalized spacial score (nSPS) is 16.8. The van der Waals surface area contributed by atoms with E-state index in [1.165, 1.54) is 0 Å². The summed E-state index contributed by atoms with van der Waals surface area (Å²) in [4.78, 5) is 20.5. The van der Waals surface area contributed by atoms with Crippen LogP contribution in [0.3, 0.4) is 0 Å². The van der Waals surface area contributed by atoms with Gasteiger partial charge in [0.1, 0.15) is 0 Å². The first-order valence-electron chi connectivity index (χ1n) is 6.69. The minimum Gasteiger partial charge on any atom is -0.395 e. The van der Waals surface area contributed by atoms with E-state index >= 15 is 0 Å². The summed E-state index contributed by atoms with van der Waals surface area (Å²) in [5.41, 5.74) is 1.32. The third kappa shape index (κ3) is 2.37. The van der Waals surface area contributed by atoms with Crippen molar-refractivity contribution in [2.75, 3.05) is 39.3 Å². The quantitative estimate of drug-likeness (QED) is 0.816. The average molecular weight is 275 g/mol. The van der Waals surface area contributed by atoms with E-state index in [0.29, 0.717) is 25.2 Å². The van der Waals surface area contributed by atoms with Crippen LogP contribution in [-0.4, -0.2) is 74.7 Å². The summed E-state index contributed by atoms with van der Waals surface area (Å²) >= 11 is 0. The topological polar surface area (TPSA) is 74.0 Å². The van der Waals surface area contributed by atoms with Gasteiger partial charge in [-0.2, -0.15) is 5.10 Å². The molecule has 2 aromatic heterocycles. The number of carbonyl (C=O) groups excluding carboxylic acids is 1. The molecule has 0 unspecified atom stereocenters. The van der Waals surface area contributed by atoms with E-state index in [1.807, 2.05) is 4.90 Å². The Kier molecular flexibility index (Phi) is 3.62. The van der Waals surface area contributed by atoms with Crippen LogP contribution in [-0.2, 0) is 0 Å². The summed E-state index contributed by atoms with van der Waals surface area (Å²) in [5.74, 6) is -0.00310. The molecule has 1 saturated heterocycles. The Labute approximate surface area is 116 Å². The highest BCUT2D eigenvalue weighted by Crippen LogP contribution is 2.13. The van der Waals surface area contributed by atoms with Crippen LogP contribution in [0.4, 0.5) is 0 Å². The van der Waals surface area contributed by atoms with Crippen LogP contribution < -0.4 is 0 Å². The molecule has 0 saturated carbocycles. The molecule has 1 amide bonds. The lowest BCUT2D eigenvalue weighted by Crippen LogP contribution is -2.49. The fraction of sp³-hybridized carbons (Fsp3) is 0.462. The fourth-order valence-electron chi connectivity index (χ4n) is 2.49. The van der Waals surface area contributed by atoms with Crippen LogP contribution in [0.15, 0.2) is 24.8 Å². The third-order valence-corrected chi connectivity index (χ3v) is 3.63. The van der Waals surface area contributed by atoms with Crippen LogP contribution in [0.5, 0.6) is 0 Å².